The molecule has 11 nitrogen and oxygen atoms in total. The minimum Gasteiger partial charge on any atom is -0.372 e. The smallest absolute Gasteiger partial charge is 0.256 e. The standard InChI is InChI=1S/C28H29N7O4S/c1-18-16-35(17-19(2)39-18)26-7-3-6-23(32-26)24-9-8-20-14-29-21(13-25(20)31-24)15-30-28(36)22-5-4-10-34-11-12-40(37,38)33-27(22)34/h3-10,13-14,18-19H,11-12,15-17H2,1-2H3,(H,30,36)/t18-,19+. The zero-order valence-corrected chi connectivity index (χ0v) is 23.0. The highest BCUT2D eigenvalue weighted by Crippen LogP contribution is 2.24. The number of fused-ring (bicyclic) bond motifs is 2. The van der Waals surface area contributed by atoms with Crippen LogP contribution in [0.2, 0.25) is 0 Å². The molecule has 3 aromatic heterocycles. The summed E-state index contributed by atoms with van der Waals surface area (Å²) < 4.78 is 33.7. The Morgan fingerprint density at radius 2 is 1.90 bits per heavy atom. The molecule has 12 heteroatoms. The van der Waals surface area contributed by atoms with Crippen molar-refractivity contribution in [3.8, 4) is 11.4 Å². The summed E-state index contributed by atoms with van der Waals surface area (Å²) in [5, 5.41) is 3.69. The van der Waals surface area contributed by atoms with Crippen LogP contribution in [0.1, 0.15) is 19.5 Å². The second-order valence-electron chi connectivity index (χ2n) is 10.1. The molecule has 206 valence electrons. The summed E-state index contributed by atoms with van der Waals surface area (Å²) in [6.45, 7) is 6.09. The Bertz CT molecular complexity index is 1670. The number of carbonyl (C=O) groups excluding carboxylic acids is 1. The number of carbonyl (C=O) groups is 1. The Kier molecular flexibility index (Phi) is 6.80. The van der Waals surface area contributed by atoms with E-state index in [1.165, 1.54) is 0 Å². The van der Waals surface area contributed by atoms with Crippen LogP contribution >= 0.6 is 0 Å². The van der Waals surface area contributed by atoms with Gasteiger partial charge in [0.05, 0.1) is 52.7 Å². The molecule has 0 spiro atoms. The van der Waals surface area contributed by atoms with Crippen molar-refractivity contribution in [2.24, 2.45) is 4.40 Å². The first-order chi connectivity index (χ1) is 19.2. The first kappa shape index (κ1) is 26.1. The molecule has 2 atom stereocenters. The molecule has 0 aliphatic carbocycles. The number of morpholine rings is 1. The normalized spacial score (nSPS) is 21.9. The third-order valence-electron chi connectivity index (χ3n) is 6.90. The van der Waals surface area contributed by atoms with Crippen LogP contribution in [-0.2, 0) is 26.1 Å². The molecule has 6 rings (SSSR count). The maximum atomic E-state index is 13.0. The van der Waals surface area contributed by atoms with E-state index in [4.69, 9.17) is 14.7 Å². The van der Waals surface area contributed by atoms with Gasteiger partial charge < -0.3 is 19.9 Å². The molecule has 6 heterocycles. The number of amides is 1. The first-order valence-corrected chi connectivity index (χ1v) is 14.7. The van der Waals surface area contributed by atoms with Gasteiger partial charge in [-0.15, -0.1) is 4.40 Å². The average molecular weight is 560 g/mol. The molecule has 1 fully saturated rings. The van der Waals surface area contributed by atoms with E-state index in [0.717, 1.165) is 41.2 Å². The van der Waals surface area contributed by atoms with Crippen molar-refractivity contribution in [1.82, 2.24) is 25.2 Å². The van der Waals surface area contributed by atoms with E-state index in [1.807, 2.05) is 36.4 Å². The third kappa shape index (κ3) is 5.45. The van der Waals surface area contributed by atoms with Crippen LogP contribution in [0.15, 0.2) is 70.9 Å². The summed E-state index contributed by atoms with van der Waals surface area (Å²) in [5.41, 5.74) is 3.04. The average Bonchev–Trinajstić information content (AvgIpc) is 2.94. The van der Waals surface area contributed by atoms with Crippen molar-refractivity contribution in [3.63, 3.8) is 0 Å². The van der Waals surface area contributed by atoms with Crippen LogP contribution in [0, 0.1) is 0 Å². The van der Waals surface area contributed by atoms with E-state index in [2.05, 4.69) is 33.4 Å². The molecule has 3 aromatic rings. The maximum absolute atomic E-state index is 13.0. The lowest BCUT2D eigenvalue weighted by atomic mass is 10.1. The molecular formula is C28H29N7O4S. The summed E-state index contributed by atoms with van der Waals surface area (Å²) in [5.74, 6) is 0.513. The van der Waals surface area contributed by atoms with Crippen LogP contribution in [-0.4, -0.2) is 77.6 Å². The summed E-state index contributed by atoms with van der Waals surface area (Å²) in [7, 11) is -3.59. The van der Waals surface area contributed by atoms with Crippen molar-refractivity contribution in [3.05, 3.63) is 72.2 Å². The highest BCUT2D eigenvalue weighted by Gasteiger charge is 2.30. The molecular weight excluding hydrogens is 530 g/mol. The van der Waals surface area contributed by atoms with Crippen molar-refractivity contribution in [1.29, 1.82) is 0 Å². The number of amidine groups is 1. The quantitative estimate of drug-likeness (QED) is 0.501. The number of rotatable bonds is 5. The molecule has 0 saturated carbocycles. The number of hydrogen-bond donors (Lipinski definition) is 1. The number of allylic oxidation sites excluding steroid dienone is 2. The number of hydrogen-bond acceptors (Lipinski definition) is 9. The van der Waals surface area contributed by atoms with Crippen LogP contribution < -0.4 is 10.2 Å². The SMILES string of the molecule is C[C@@H]1CN(c2cccc(-c3ccc4cnc(CNC(=O)C5=CC=CN6CCS(=O)(=O)N=C56)cc4n3)n2)C[C@H](C)O1. The lowest BCUT2D eigenvalue weighted by Gasteiger charge is -2.36. The second-order valence-corrected chi connectivity index (χ2v) is 11.9. The molecule has 1 saturated heterocycles. The predicted molar refractivity (Wildman–Crippen MR) is 152 cm³/mol. The Hall–Kier alpha value is -4.16. The highest BCUT2D eigenvalue weighted by molar-refractivity contribution is 7.90. The van der Waals surface area contributed by atoms with E-state index < -0.39 is 15.9 Å². The van der Waals surface area contributed by atoms with Crippen LogP contribution in [0.4, 0.5) is 5.82 Å². The van der Waals surface area contributed by atoms with Gasteiger partial charge in [-0.3, -0.25) is 9.78 Å². The van der Waals surface area contributed by atoms with Gasteiger partial charge in [0.25, 0.3) is 15.9 Å². The van der Waals surface area contributed by atoms with Crippen molar-refractivity contribution >= 4 is 38.5 Å². The zero-order valence-electron chi connectivity index (χ0n) is 22.2. The van der Waals surface area contributed by atoms with Crippen LogP contribution in [0.5, 0.6) is 0 Å². The van der Waals surface area contributed by atoms with Gasteiger partial charge in [0.15, 0.2) is 5.84 Å². The van der Waals surface area contributed by atoms with Crippen molar-refractivity contribution in [2.75, 3.05) is 30.3 Å². The predicted octanol–water partition coefficient (Wildman–Crippen LogP) is 2.42. The largest absolute Gasteiger partial charge is 0.372 e. The van der Waals surface area contributed by atoms with Gasteiger partial charge in [-0.05, 0) is 56.3 Å². The Morgan fingerprint density at radius 1 is 1.10 bits per heavy atom. The number of pyridine rings is 3. The van der Waals surface area contributed by atoms with E-state index in [-0.39, 0.29) is 42.5 Å². The zero-order chi connectivity index (χ0) is 27.9. The lowest BCUT2D eigenvalue weighted by molar-refractivity contribution is -0.117. The minimum absolute atomic E-state index is 0.0861. The fourth-order valence-electron chi connectivity index (χ4n) is 5.06. The van der Waals surface area contributed by atoms with E-state index >= 15 is 0 Å². The summed E-state index contributed by atoms with van der Waals surface area (Å²) >= 11 is 0. The molecule has 0 aromatic carbocycles. The van der Waals surface area contributed by atoms with Gasteiger partial charge >= 0.3 is 0 Å². The Morgan fingerprint density at radius 3 is 2.73 bits per heavy atom. The van der Waals surface area contributed by atoms with Gasteiger partial charge in [-0.1, -0.05) is 6.07 Å². The first-order valence-electron chi connectivity index (χ1n) is 13.1. The lowest BCUT2D eigenvalue weighted by Crippen LogP contribution is -2.45. The number of ether oxygens (including phenoxy) is 1. The molecule has 0 unspecified atom stereocenters. The topological polar surface area (TPSA) is 130 Å². The van der Waals surface area contributed by atoms with E-state index in [9.17, 15) is 13.2 Å². The molecule has 1 amide bonds. The Labute approximate surface area is 232 Å². The fraction of sp³-hybridized carbons (Fsp3) is 0.321. The highest BCUT2D eigenvalue weighted by atomic mass is 32.2. The van der Waals surface area contributed by atoms with Gasteiger partial charge in [0, 0.05) is 37.4 Å². The maximum Gasteiger partial charge on any atom is 0.256 e. The van der Waals surface area contributed by atoms with Gasteiger partial charge in [0.2, 0.25) is 0 Å². The fourth-order valence-corrected chi connectivity index (χ4v) is 6.05. The van der Waals surface area contributed by atoms with Gasteiger partial charge in [-0.2, -0.15) is 0 Å². The van der Waals surface area contributed by atoms with E-state index in [1.54, 1.807) is 29.4 Å². The molecule has 0 bridgehead atoms. The molecule has 3 aliphatic rings. The summed E-state index contributed by atoms with van der Waals surface area (Å²) in [4.78, 5) is 31.0. The number of sulfonamides is 1. The molecule has 0 radical (unpaired) electrons. The van der Waals surface area contributed by atoms with E-state index in [0.29, 0.717) is 5.69 Å². The minimum atomic E-state index is -3.59. The molecule has 3 aliphatic heterocycles. The number of nitrogens with one attached hydrogen (secondary N) is 1. The van der Waals surface area contributed by atoms with Gasteiger partial charge in [-0.25, -0.2) is 18.4 Å². The third-order valence-corrected chi connectivity index (χ3v) is 8.05. The van der Waals surface area contributed by atoms with Crippen LogP contribution in [0.3, 0.4) is 0 Å². The number of aromatic nitrogens is 3. The Balaban J connectivity index is 1.20. The summed E-state index contributed by atoms with van der Waals surface area (Å²) in [6, 6.07) is 11.6. The monoisotopic (exact) mass is 559 g/mol. The second kappa shape index (κ2) is 10.4. The molecule has 1 N–H and O–H groups in total. The van der Waals surface area contributed by atoms with Crippen molar-refractivity contribution in [2.45, 2.75) is 32.6 Å². The number of anilines is 1. The van der Waals surface area contributed by atoms with Gasteiger partial charge in [0.1, 0.15) is 5.82 Å². The number of nitrogens with zero attached hydrogens (tertiary/aromatic N) is 6. The molecule has 40 heavy (non-hydrogen) atoms. The summed E-state index contributed by atoms with van der Waals surface area (Å²) in [6.07, 6.45) is 6.96. The van der Waals surface area contributed by atoms with Crippen molar-refractivity contribution < 1.29 is 17.9 Å². The van der Waals surface area contributed by atoms with Crippen LogP contribution in [0.25, 0.3) is 22.3 Å².